The Kier molecular flexibility index (Phi) is 4.02. The Morgan fingerprint density at radius 1 is 1.29 bits per heavy atom. The van der Waals surface area contributed by atoms with E-state index in [4.69, 9.17) is 44.6 Å². The molecule has 21 heavy (non-hydrogen) atoms. The van der Waals surface area contributed by atoms with E-state index in [2.05, 4.69) is 4.98 Å². The van der Waals surface area contributed by atoms with Crippen LogP contribution in [0, 0.1) is 0 Å². The van der Waals surface area contributed by atoms with Gasteiger partial charge < -0.3 is 14.9 Å². The fraction of sp³-hybridized carbons (Fsp3) is 0.417. The molecule has 1 saturated heterocycles. The SMILES string of the molecule is OC[C@H]1O[C@@H](n2c(Cl)nc3cc(Cl)c(Cl)cc32)[C@H](F)[C@@H]1O. The normalized spacial score (nSPS) is 29.4. The first kappa shape index (κ1) is 15.3. The van der Waals surface area contributed by atoms with Crippen molar-refractivity contribution in [3.05, 3.63) is 27.5 Å². The molecular weight excluding hydrogens is 346 g/mol. The molecule has 2 N–H and O–H groups in total. The number of aromatic nitrogens is 2. The minimum atomic E-state index is -1.76. The number of aliphatic hydroxyl groups excluding tert-OH is 2. The summed E-state index contributed by atoms with van der Waals surface area (Å²) >= 11 is 17.9. The molecule has 9 heteroatoms. The molecule has 114 valence electrons. The molecule has 4 atom stereocenters. The fourth-order valence-corrected chi connectivity index (χ4v) is 2.96. The fourth-order valence-electron chi connectivity index (χ4n) is 2.37. The van der Waals surface area contributed by atoms with Gasteiger partial charge >= 0.3 is 0 Å². The Hall–Kier alpha value is -0.630. The van der Waals surface area contributed by atoms with Gasteiger partial charge in [-0.3, -0.25) is 4.57 Å². The zero-order valence-corrected chi connectivity index (χ0v) is 12.6. The number of hydrogen-bond acceptors (Lipinski definition) is 4. The molecular formula is C12H10Cl3FN2O3. The quantitative estimate of drug-likeness (QED) is 0.869. The first-order valence-corrected chi connectivity index (χ1v) is 7.18. The summed E-state index contributed by atoms with van der Waals surface area (Å²) in [4.78, 5) is 4.06. The number of alkyl halides is 1. The highest BCUT2D eigenvalue weighted by atomic mass is 35.5. The van der Waals surface area contributed by atoms with Crippen LogP contribution in [0.2, 0.25) is 15.3 Å². The first-order valence-electron chi connectivity index (χ1n) is 6.05. The van der Waals surface area contributed by atoms with Gasteiger partial charge in [-0.25, -0.2) is 9.37 Å². The molecule has 0 bridgehead atoms. The Bertz CT molecular complexity index is 696. The van der Waals surface area contributed by atoms with E-state index in [1.54, 1.807) is 0 Å². The van der Waals surface area contributed by atoms with Gasteiger partial charge in [0.25, 0.3) is 0 Å². The molecule has 0 saturated carbocycles. The maximum absolute atomic E-state index is 14.2. The monoisotopic (exact) mass is 354 g/mol. The minimum absolute atomic E-state index is 0.0261. The largest absolute Gasteiger partial charge is 0.394 e. The van der Waals surface area contributed by atoms with Crippen molar-refractivity contribution >= 4 is 45.8 Å². The van der Waals surface area contributed by atoms with Crippen LogP contribution in [0.15, 0.2) is 12.1 Å². The minimum Gasteiger partial charge on any atom is -0.394 e. The molecule has 2 aromatic rings. The van der Waals surface area contributed by atoms with Crippen molar-refractivity contribution in [3.63, 3.8) is 0 Å². The number of rotatable bonds is 2. The Morgan fingerprint density at radius 3 is 2.57 bits per heavy atom. The average Bonchev–Trinajstić information content (AvgIpc) is 2.89. The first-order chi connectivity index (χ1) is 9.93. The smallest absolute Gasteiger partial charge is 0.206 e. The molecule has 5 nitrogen and oxygen atoms in total. The lowest BCUT2D eigenvalue weighted by Crippen LogP contribution is -2.30. The van der Waals surface area contributed by atoms with Crippen molar-refractivity contribution in [3.8, 4) is 0 Å². The molecule has 1 aromatic heterocycles. The van der Waals surface area contributed by atoms with E-state index in [-0.39, 0.29) is 10.3 Å². The molecule has 1 aliphatic heterocycles. The van der Waals surface area contributed by atoms with Gasteiger partial charge in [0.05, 0.1) is 27.7 Å². The van der Waals surface area contributed by atoms with Crippen LogP contribution in [-0.2, 0) is 4.74 Å². The maximum atomic E-state index is 14.2. The van der Waals surface area contributed by atoms with E-state index >= 15 is 0 Å². The lowest BCUT2D eigenvalue weighted by Gasteiger charge is -2.16. The molecule has 1 aromatic carbocycles. The summed E-state index contributed by atoms with van der Waals surface area (Å²) in [5.41, 5.74) is 0.847. The van der Waals surface area contributed by atoms with Gasteiger partial charge in [-0.2, -0.15) is 0 Å². The van der Waals surface area contributed by atoms with E-state index < -0.39 is 31.2 Å². The molecule has 0 aliphatic carbocycles. The predicted octanol–water partition coefficient (Wildman–Crippen LogP) is 2.59. The summed E-state index contributed by atoms with van der Waals surface area (Å²) < 4.78 is 20.8. The van der Waals surface area contributed by atoms with E-state index in [0.717, 1.165) is 0 Å². The summed E-state index contributed by atoms with van der Waals surface area (Å²) in [7, 11) is 0. The van der Waals surface area contributed by atoms with E-state index in [0.29, 0.717) is 16.1 Å². The van der Waals surface area contributed by atoms with Crippen LogP contribution in [0.1, 0.15) is 6.23 Å². The number of halogens is 4. The lowest BCUT2D eigenvalue weighted by atomic mass is 10.1. The van der Waals surface area contributed by atoms with Crippen LogP contribution in [0.3, 0.4) is 0 Å². The zero-order chi connectivity index (χ0) is 15.3. The average molecular weight is 356 g/mol. The molecule has 0 unspecified atom stereocenters. The van der Waals surface area contributed by atoms with Gasteiger partial charge in [0, 0.05) is 0 Å². The second-order valence-electron chi connectivity index (χ2n) is 4.69. The molecule has 3 rings (SSSR count). The summed E-state index contributed by atoms with van der Waals surface area (Å²) in [6, 6.07) is 3.00. The third kappa shape index (κ3) is 2.40. The third-order valence-corrected chi connectivity index (χ3v) is 4.41. The van der Waals surface area contributed by atoms with Crippen LogP contribution < -0.4 is 0 Å². The highest BCUT2D eigenvalue weighted by Crippen LogP contribution is 2.38. The van der Waals surface area contributed by atoms with Crippen LogP contribution in [-0.4, -0.2) is 44.8 Å². The number of ether oxygens (including phenoxy) is 1. The zero-order valence-electron chi connectivity index (χ0n) is 10.4. The Balaban J connectivity index is 2.12. The van der Waals surface area contributed by atoms with Crippen LogP contribution in [0.25, 0.3) is 11.0 Å². The number of nitrogens with zero attached hydrogens (tertiary/aromatic N) is 2. The van der Waals surface area contributed by atoms with Crippen molar-refractivity contribution in [1.29, 1.82) is 0 Å². The van der Waals surface area contributed by atoms with Gasteiger partial charge in [0.2, 0.25) is 5.28 Å². The van der Waals surface area contributed by atoms with Crippen molar-refractivity contribution in [2.24, 2.45) is 0 Å². The standard InChI is InChI=1S/C12H10Cl3FN2O3/c13-4-1-6-7(2-5(4)14)18(12(15)17-6)11-9(16)10(20)8(3-19)21-11/h1-2,8-11,19-20H,3H2/t8-,9-,10-,11-/m1/s1. The number of fused-ring (bicyclic) bond motifs is 1. The number of imidazole rings is 1. The van der Waals surface area contributed by atoms with E-state index in [1.807, 2.05) is 0 Å². The molecule has 0 spiro atoms. The highest BCUT2D eigenvalue weighted by molar-refractivity contribution is 6.42. The van der Waals surface area contributed by atoms with Crippen LogP contribution in [0.4, 0.5) is 4.39 Å². The van der Waals surface area contributed by atoms with Gasteiger partial charge in [0.15, 0.2) is 12.4 Å². The highest BCUT2D eigenvalue weighted by Gasteiger charge is 2.46. The number of hydrogen-bond donors (Lipinski definition) is 2. The second-order valence-corrected chi connectivity index (χ2v) is 5.84. The molecule has 0 amide bonds. The molecule has 0 radical (unpaired) electrons. The number of benzene rings is 1. The third-order valence-electron chi connectivity index (χ3n) is 3.42. The summed E-state index contributed by atoms with van der Waals surface area (Å²) in [5, 5.41) is 19.3. The van der Waals surface area contributed by atoms with Gasteiger partial charge in [-0.15, -0.1) is 0 Å². The van der Waals surface area contributed by atoms with Crippen molar-refractivity contribution < 1.29 is 19.3 Å². The summed E-state index contributed by atoms with van der Waals surface area (Å²) in [5.74, 6) is 0. The Morgan fingerprint density at radius 2 is 1.95 bits per heavy atom. The van der Waals surface area contributed by atoms with Crippen molar-refractivity contribution in [2.75, 3.05) is 6.61 Å². The van der Waals surface area contributed by atoms with Crippen LogP contribution in [0.5, 0.6) is 0 Å². The van der Waals surface area contributed by atoms with Gasteiger partial charge in [-0.05, 0) is 23.7 Å². The van der Waals surface area contributed by atoms with E-state index in [1.165, 1.54) is 16.7 Å². The Labute approximate surface area is 133 Å². The maximum Gasteiger partial charge on any atom is 0.206 e. The van der Waals surface area contributed by atoms with Gasteiger partial charge in [0.1, 0.15) is 12.2 Å². The lowest BCUT2D eigenvalue weighted by molar-refractivity contribution is -0.0456. The van der Waals surface area contributed by atoms with Crippen molar-refractivity contribution in [2.45, 2.75) is 24.6 Å². The van der Waals surface area contributed by atoms with Gasteiger partial charge in [-0.1, -0.05) is 23.2 Å². The number of aliphatic hydroxyl groups is 2. The predicted molar refractivity (Wildman–Crippen MR) is 76.7 cm³/mol. The molecule has 1 fully saturated rings. The van der Waals surface area contributed by atoms with Crippen LogP contribution >= 0.6 is 34.8 Å². The summed E-state index contributed by atoms with van der Waals surface area (Å²) in [6.07, 6.45) is -5.43. The summed E-state index contributed by atoms with van der Waals surface area (Å²) in [6.45, 7) is -0.505. The van der Waals surface area contributed by atoms with E-state index in [9.17, 15) is 9.50 Å². The molecule has 2 heterocycles. The second kappa shape index (κ2) is 5.53. The molecule has 1 aliphatic rings. The van der Waals surface area contributed by atoms with Crippen molar-refractivity contribution in [1.82, 2.24) is 9.55 Å². The topological polar surface area (TPSA) is 67.5 Å².